The molecule has 1 unspecified atom stereocenters. The Labute approximate surface area is 165 Å². The minimum atomic E-state index is -0.404. The van der Waals surface area contributed by atoms with E-state index in [0.29, 0.717) is 25.2 Å². The van der Waals surface area contributed by atoms with Gasteiger partial charge < -0.3 is 19.7 Å². The summed E-state index contributed by atoms with van der Waals surface area (Å²) in [5, 5.41) is 2.69. The molecule has 148 valence electrons. The van der Waals surface area contributed by atoms with E-state index in [2.05, 4.69) is 21.8 Å². The molecule has 28 heavy (non-hydrogen) atoms. The average molecular weight is 381 g/mol. The Morgan fingerprint density at radius 2 is 1.89 bits per heavy atom. The molecule has 2 amide bonds. The number of imidazole rings is 1. The van der Waals surface area contributed by atoms with E-state index in [-0.39, 0.29) is 11.8 Å². The Morgan fingerprint density at radius 3 is 2.64 bits per heavy atom. The van der Waals surface area contributed by atoms with Crippen molar-refractivity contribution in [3.63, 3.8) is 0 Å². The van der Waals surface area contributed by atoms with Crippen LogP contribution in [-0.4, -0.2) is 64.4 Å². The van der Waals surface area contributed by atoms with E-state index >= 15 is 0 Å². The first-order chi connectivity index (χ1) is 13.6. The number of benzene rings is 1. The van der Waals surface area contributed by atoms with Crippen LogP contribution in [0.25, 0.3) is 11.4 Å². The predicted molar refractivity (Wildman–Crippen MR) is 107 cm³/mol. The van der Waals surface area contributed by atoms with Gasteiger partial charge in [0, 0.05) is 32.2 Å². The summed E-state index contributed by atoms with van der Waals surface area (Å²) in [6.45, 7) is 3.09. The molecule has 0 spiro atoms. The standard InChI is InChI=1S/C21H27N5O2/c1-22-20(27)16-10-6-12-26(16)21(28)18-17-14-24(2)11-7-13-25(17)19(23-18)15-8-4-3-5-9-15/h3-5,8-9,16H,6-7,10-14H2,1-2H3,(H,22,27). The number of likely N-dealkylation sites (N-methyl/N-ethyl adjacent to an activating group) is 1. The number of carbonyl (C=O) groups excluding carboxylic acids is 2. The van der Waals surface area contributed by atoms with Gasteiger partial charge in [-0.2, -0.15) is 0 Å². The number of likely N-dealkylation sites (tertiary alicyclic amines) is 1. The quantitative estimate of drug-likeness (QED) is 0.879. The zero-order chi connectivity index (χ0) is 19.7. The molecule has 0 aliphatic carbocycles. The van der Waals surface area contributed by atoms with E-state index in [9.17, 15) is 9.59 Å². The van der Waals surface area contributed by atoms with Gasteiger partial charge in [-0.3, -0.25) is 9.59 Å². The van der Waals surface area contributed by atoms with E-state index in [1.807, 2.05) is 30.3 Å². The summed E-state index contributed by atoms with van der Waals surface area (Å²) < 4.78 is 2.19. The SMILES string of the molecule is CNC(=O)C1CCCN1C(=O)c1nc(-c2ccccc2)n2c1CN(C)CCC2. The topological polar surface area (TPSA) is 70.5 Å². The van der Waals surface area contributed by atoms with Crippen LogP contribution in [0.4, 0.5) is 0 Å². The fourth-order valence-electron chi connectivity index (χ4n) is 4.28. The average Bonchev–Trinajstić information content (AvgIpc) is 3.29. The number of carbonyl (C=O) groups is 2. The molecule has 2 aliphatic rings. The highest BCUT2D eigenvalue weighted by atomic mass is 16.2. The zero-order valence-electron chi connectivity index (χ0n) is 16.5. The van der Waals surface area contributed by atoms with E-state index in [1.54, 1.807) is 11.9 Å². The number of aromatic nitrogens is 2. The van der Waals surface area contributed by atoms with Crippen LogP contribution in [0.5, 0.6) is 0 Å². The molecule has 1 fully saturated rings. The third kappa shape index (κ3) is 3.30. The van der Waals surface area contributed by atoms with Gasteiger partial charge in [0.1, 0.15) is 11.9 Å². The maximum atomic E-state index is 13.5. The summed E-state index contributed by atoms with van der Waals surface area (Å²) in [4.78, 5) is 34.4. The molecule has 0 saturated carbocycles. The van der Waals surface area contributed by atoms with Crippen LogP contribution in [0.15, 0.2) is 30.3 Å². The van der Waals surface area contributed by atoms with Crippen LogP contribution in [0, 0.1) is 0 Å². The summed E-state index contributed by atoms with van der Waals surface area (Å²) in [6, 6.07) is 9.61. The summed E-state index contributed by atoms with van der Waals surface area (Å²) in [5.41, 5.74) is 2.45. The van der Waals surface area contributed by atoms with Crippen molar-refractivity contribution >= 4 is 11.8 Å². The second-order valence-electron chi connectivity index (χ2n) is 7.61. The third-order valence-electron chi connectivity index (χ3n) is 5.71. The van der Waals surface area contributed by atoms with Crippen LogP contribution >= 0.6 is 0 Å². The van der Waals surface area contributed by atoms with Gasteiger partial charge in [-0.15, -0.1) is 0 Å². The number of nitrogens with zero attached hydrogens (tertiary/aromatic N) is 4. The van der Waals surface area contributed by atoms with Crippen molar-refractivity contribution in [2.24, 2.45) is 0 Å². The maximum Gasteiger partial charge on any atom is 0.275 e. The second kappa shape index (κ2) is 7.75. The van der Waals surface area contributed by atoms with Crippen molar-refractivity contribution < 1.29 is 9.59 Å². The molecule has 1 atom stereocenters. The van der Waals surface area contributed by atoms with Gasteiger partial charge in [-0.05, 0) is 32.9 Å². The number of rotatable bonds is 3. The lowest BCUT2D eigenvalue weighted by atomic mass is 10.2. The summed E-state index contributed by atoms with van der Waals surface area (Å²) >= 11 is 0. The van der Waals surface area contributed by atoms with E-state index in [4.69, 9.17) is 4.98 Å². The highest BCUT2D eigenvalue weighted by Crippen LogP contribution is 2.28. The van der Waals surface area contributed by atoms with Crippen molar-refractivity contribution in [2.45, 2.75) is 38.4 Å². The molecule has 1 saturated heterocycles. The minimum absolute atomic E-state index is 0.100. The van der Waals surface area contributed by atoms with Crippen molar-refractivity contribution in [1.29, 1.82) is 0 Å². The molecule has 7 heteroatoms. The molecular weight excluding hydrogens is 354 g/mol. The van der Waals surface area contributed by atoms with Gasteiger partial charge in [0.25, 0.3) is 5.91 Å². The summed E-state index contributed by atoms with van der Waals surface area (Å²) in [7, 11) is 3.69. The second-order valence-corrected chi connectivity index (χ2v) is 7.61. The Morgan fingerprint density at radius 1 is 1.11 bits per heavy atom. The lowest BCUT2D eigenvalue weighted by Gasteiger charge is -2.23. The third-order valence-corrected chi connectivity index (χ3v) is 5.71. The van der Waals surface area contributed by atoms with Gasteiger partial charge in [0.15, 0.2) is 5.69 Å². The molecule has 0 bridgehead atoms. The molecule has 7 nitrogen and oxygen atoms in total. The van der Waals surface area contributed by atoms with Gasteiger partial charge in [0.05, 0.1) is 5.69 Å². The van der Waals surface area contributed by atoms with Crippen molar-refractivity contribution in [1.82, 2.24) is 24.7 Å². The number of hydrogen-bond donors (Lipinski definition) is 1. The molecule has 3 heterocycles. The van der Waals surface area contributed by atoms with E-state index < -0.39 is 6.04 Å². The van der Waals surface area contributed by atoms with Crippen LogP contribution in [0.2, 0.25) is 0 Å². The molecule has 2 aromatic rings. The monoisotopic (exact) mass is 381 g/mol. The minimum Gasteiger partial charge on any atom is -0.357 e. The van der Waals surface area contributed by atoms with Crippen LogP contribution in [-0.2, 0) is 17.9 Å². The van der Waals surface area contributed by atoms with Crippen LogP contribution in [0.3, 0.4) is 0 Å². The molecule has 4 rings (SSSR count). The first-order valence-corrected chi connectivity index (χ1v) is 9.96. The van der Waals surface area contributed by atoms with Crippen molar-refractivity contribution in [3.8, 4) is 11.4 Å². The van der Waals surface area contributed by atoms with E-state index in [1.165, 1.54) is 0 Å². The first kappa shape index (κ1) is 18.7. The van der Waals surface area contributed by atoms with Gasteiger partial charge >= 0.3 is 0 Å². The Hall–Kier alpha value is -2.67. The van der Waals surface area contributed by atoms with E-state index in [0.717, 1.165) is 43.0 Å². The molecule has 1 N–H and O–H groups in total. The number of amides is 2. The van der Waals surface area contributed by atoms with Gasteiger partial charge in [0.2, 0.25) is 5.91 Å². The Balaban J connectivity index is 1.77. The highest BCUT2D eigenvalue weighted by Gasteiger charge is 2.37. The highest BCUT2D eigenvalue weighted by molar-refractivity contribution is 5.98. The maximum absolute atomic E-state index is 13.5. The molecular formula is C21H27N5O2. The lowest BCUT2D eigenvalue weighted by molar-refractivity contribution is -0.124. The van der Waals surface area contributed by atoms with Gasteiger partial charge in [-0.1, -0.05) is 30.3 Å². The molecule has 0 radical (unpaired) electrons. The van der Waals surface area contributed by atoms with Crippen molar-refractivity contribution in [3.05, 3.63) is 41.7 Å². The van der Waals surface area contributed by atoms with Crippen LogP contribution in [0.1, 0.15) is 35.4 Å². The zero-order valence-corrected chi connectivity index (χ0v) is 16.5. The molecule has 1 aromatic heterocycles. The number of fused-ring (bicyclic) bond motifs is 1. The van der Waals surface area contributed by atoms with Crippen molar-refractivity contribution in [2.75, 3.05) is 27.2 Å². The number of hydrogen-bond acceptors (Lipinski definition) is 4. The Bertz CT molecular complexity index is 876. The normalized spacial score (nSPS) is 19.9. The fourth-order valence-corrected chi connectivity index (χ4v) is 4.28. The van der Waals surface area contributed by atoms with Crippen LogP contribution < -0.4 is 5.32 Å². The number of nitrogens with one attached hydrogen (secondary N) is 1. The smallest absolute Gasteiger partial charge is 0.275 e. The fraction of sp³-hybridized carbons (Fsp3) is 0.476. The summed E-state index contributed by atoms with van der Waals surface area (Å²) in [6.07, 6.45) is 2.55. The largest absolute Gasteiger partial charge is 0.357 e. The van der Waals surface area contributed by atoms with Gasteiger partial charge in [-0.25, -0.2) is 4.98 Å². The molecule has 2 aliphatic heterocycles. The summed E-state index contributed by atoms with van der Waals surface area (Å²) in [5.74, 6) is 0.605. The lowest BCUT2D eigenvalue weighted by Crippen LogP contribution is -2.45. The predicted octanol–water partition coefficient (Wildman–Crippen LogP) is 1.74. The first-order valence-electron chi connectivity index (χ1n) is 9.96. The molecule has 1 aromatic carbocycles. The Kier molecular flexibility index (Phi) is 5.17.